The van der Waals surface area contributed by atoms with Crippen molar-refractivity contribution in [3.05, 3.63) is 65.4 Å². The molecule has 0 spiro atoms. The number of phenols is 1. The molecule has 1 heterocycles. The number of hydrogen-bond acceptors (Lipinski definition) is 5. The van der Waals surface area contributed by atoms with E-state index in [9.17, 15) is 9.90 Å². The number of ether oxygens (including phenoxy) is 1. The van der Waals surface area contributed by atoms with Crippen LogP contribution in [0.4, 0.5) is 0 Å². The minimum Gasteiger partial charge on any atom is -0.504 e. The summed E-state index contributed by atoms with van der Waals surface area (Å²) in [4.78, 5) is 12.2. The monoisotopic (exact) mass is 350 g/mol. The molecule has 0 radical (unpaired) electrons. The minimum absolute atomic E-state index is 0.0830. The molecule has 0 unspecified atom stereocenters. The number of methoxy groups -OCH3 is 1. The van der Waals surface area contributed by atoms with Crippen LogP contribution in [0.3, 0.4) is 0 Å². The Bertz CT molecular complexity index is 949. The fraction of sp³-hybridized carbons (Fsp3) is 0.105. The second-order valence-corrected chi connectivity index (χ2v) is 5.62. The number of carbonyl (C=O) groups excluding carboxylic acids is 1. The van der Waals surface area contributed by atoms with Crippen LogP contribution in [0.25, 0.3) is 11.3 Å². The fourth-order valence-corrected chi connectivity index (χ4v) is 2.42. The molecule has 7 nitrogen and oxygen atoms in total. The van der Waals surface area contributed by atoms with Crippen molar-refractivity contribution in [3.8, 4) is 22.8 Å². The van der Waals surface area contributed by atoms with Crippen molar-refractivity contribution in [2.24, 2.45) is 5.10 Å². The highest BCUT2D eigenvalue weighted by Crippen LogP contribution is 2.30. The van der Waals surface area contributed by atoms with Crippen LogP contribution in [0.2, 0.25) is 0 Å². The van der Waals surface area contributed by atoms with Gasteiger partial charge < -0.3 is 9.84 Å². The van der Waals surface area contributed by atoms with Crippen LogP contribution in [0, 0.1) is 6.92 Å². The number of hydrazone groups is 1. The normalized spacial score (nSPS) is 10.8. The van der Waals surface area contributed by atoms with E-state index < -0.39 is 5.91 Å². The molecule has 0 aliphatic heterocycles. The molecule has 132 valence electrons. The Kier molecular flexibility index (Phi) is 4.98. The van der Waals surface area contributed by atoms with Crippen LogP contribution < -0.4 is 10.2 Å². The summed E-state index contributed by atoms with van der Waals surface area (Å²) in [7, 11) is 1.47. The smallest absolute Gasteiger partial charge is 0.289 e. The summed E-state index contributed by atoms with van der Waals surface area (Å²) in [5.74, 6) is 0.0248. The standard InChI is InChI=1S/C19H18N4O3/c1-12-8-13(9-17(26-2)18(12)24)11-20-23-19(25)16-10-15(21-22-16)14-6-4-3-5-7-14/h3-11,24H,1-2H3,(H,21,22)(H,23,25)/b20-11+. The molecular weight excluding hydrogens is 332 g/mol. The predicted octanol–water partition coefficient (Wildman–Crippen LogP) is 2.86. The summed E-state index contributed by atoms with van der Waals surface area (Å²) in [5.41, 5.74) is 5.68. The Hall–Kier alpha value is -3.61. The summed E-state index contributed by atoms with van der Waals surface area (Å²) in [6.07, 6.45) is 1.47. The van der Waals surface area contributed by atoms with Gasteiger partial charge in [0.25, 0.3) is 5.91 Å². The lowest BCUT2D eigenvalue weighted by molar-refractivity contribution is 0.0950. The molecule has 0 bridgehead atoms. The molecule has 0 saturated carbocycles. The molecule has 3 rings (SSSR count). The Morgan fingerprint density at radius 3 is 2.77 bits per heavy atom. The SMILES string of the molecule is COc1cc(/C=N/NC(=O)c2cc(-c3ccccc3)n[nH]2)cc(C)c1O. The van der Waals surface area contributed by atoms with Crippen molar-refractivity contribution in [2.75, 3.05) is 7.11 Å². The molecule has 0 aliphatic rings. The topological polar surface area (TPSA) is 99.6 Å². The van der Waals surface area contributed by atoms with E-state index in [2.05, 4.69) is 20.7 Å². The van der Waals surface area contributed by atoms with Gasteiger partial charge in [-0.05, 0) is 36.2 Å². The van der Waals surface area contributed by atoms with Crippen molar-refractivity contribution in [1.29, 1.82) is 0 Å². The average molecular weight is 350 g/mol. The third-order valence-corrected chi connectivity index (χ3v) is 3.78. The van der Waals surface area contributed by atoms with Crippen molar-refractivity contribution in [2.45, 2.75) is 6.92 Å². The average Bonchev–Trinajstić information content (AvgIpc) is 3.15. The van der Waals surface area contributed by atoms with Gasteiger partial charge in [-0.3, -0.25) is 9.89 Å². The van der Waals surface area contributed by atoms with E-state index in [0.717, 1.165) is 5.56 Å². The first-order valence-electron chi connectivity index (χ1n) is 7.90. The lowest BCUT2D eigenvalue weighted by Gasteiger charge is -2.07. The summed E-state index contributed by atoms with van der Waals surface area (Å²) >= 11 is 0. The molecular formula is C19H18N4O3. The lowest BCUT2D eigenvalue weighted by Crippen LogP contribution is -2.18. The number of nitrogens with one attached hydrogen (secondary N) is 2. The maximum atomic E-state index is 12.2. The van der Waals surface area contributed by atoms with Crippen molar-refractivity contribution in [1.82, 2.24) is 15.6 Å². The first-order chi connectivity index (χ1) is 12.6. The number of aromatic amines is 1. The largest absolute Gasteiger partial charge is 0.504 e. The van der Waals surface area contributed by atoms with Crippen LogP contribution in [0.5, 0.6) is 11.5 Å². The van der Waals surface area contributed by atoms with Gasteiger partial charge in [0.1, 0.15) is 5.69 Å². The third-order valence-electron chi connectivity index (χ3n) is 3.78. The quantitative estimate of drug-likeness (QED) is 0.487. The molecule has 3 N–H and O–H groups in total. The fourth-order valence-electron chi connectivity index (χ4n) is 2.42. The van der Waals surface area contributed by atoms with Crippen molar-refractivity contribution < 1.29 is 14.6 Å². The van der Waals surface area contributed by atoms with Crippen LogP contribution >= 0.6 is 0 Å². The maximum Gasteiger partial charge on any atom is 0.289 e. The van der Waals surface area contributed by atoms with Crippen LogP contribution in [-0.2, 0) is 0 Å². The van der Waals surface area contributed by atoms with Crippen LogP contribution in [0.1, 0.15) is 21.6 Å². The molecule has 3 aromatic rings. The van der Waals surface area contributed by atoms with E-state index in [4.69, 9.17) is 4.74 Å². The second kappa shape index (κ2) is 7.52. The highest BCUT2D eigenvalue weighted by molar-refractivity contribution is 5.94. The van der Waals surface area contributed by atoms with Gasteiger partial charge in [0.05, 0.1) is 19.0 Å². The predicted molar refractivity (Wildman–Crippen MR) is 98.5 cm³/mol. The molecule has 0 atom stereocenters. The van der Waals surface area contributed by atoms with Gasteiger partial charge in [0, 0.05) is 5.56 Å². The zero-order chi connectivity index (χ0) is 18.5. The van der Waals surface area contributed by atoms with E-state index in [0.29, 0.717) is 28.3 Å². The molecule has 1 aromatic heterocycles. The van der Waals surface area contributed by atoms with Crippen molar-refractivity contribution >= 4 is 12.1 Å². The molecule has 0 saturated heterocycles. The van der Waals surface area contributed by atoms with E-state index in [-0.39, 0.29) is 5.75 Å². The second-order valence-electron chi connectivity index (χ2n) is 5.62. The zero-order valence-corrected chi connectivity index (χ0v) is 14.4. The number of nitrogens with zero attached hydrogens (tertiary/aromatic N) is 2. The van der Waals surface area contributed by atoms with Crippen molar-refractivity contribution in [3.63, 3.8) is 0 Å². The van der Waals surface area contributed by atoms with Crippen LogP contribution in [-0.4, -0.2) is 34.5 Å². The number of rotatable bonds is 5. The number of aryl methyl sites for hydroxylation is 1. The highest BCUT2D eigenvalue weighted by atomic mass is 16.5. The van der Waals surface area contributed by atoms with E-state index in [1.807, 2.05) is 30.3 Å². The summed E-state index contributed by atoms with van der Waals surface area (Å²) in [6.45, 7) is 1.75. The van der Waals surface area contributed by atoms with Gasteiger partial charge in [0.2, 0.25) is 0 Å². The third kappa shape index (κ3) is 3.72. The maximum absolute atomic E-state index is 12.2. The van der Waals surface area contributed by atoms with Gasteiger partial charge in [-0.25, -0.2) is 5.43 Å². The number of phenolic OH excluding ortho intramolecular Hbond substituents is 1. The summed E-state index contributed by atoms with van der Waals surface area (Å²) in [6, 6.07) is 14.6. The Morgan fingerprint density at radius 2 is 2.04 bits per heavy atom. The minimum atomic E-state index is -0.404. The Labute approximate surface area is 150 Å². The summed E-state index contributed by atoms with van der Waals surface area (Å²) in [5, 5.41) is 20.6. The van der Waals surface area contributed by atoms with Gasteiger partial charge in [0.15, 0.2) is 11.5 Å². The van der Waals surface area contributed by atoms with E-state index >= 15 is 0 Å². The number of H-pyrrole nitrogens is 1. The lowest BCUT2D eigenvalue weighted by atomic mass is 10.1. The molecule has 2 aromatic carbocycles. The van der Waals surface area contributed by atoms with E-state index in [1.54, 1.807) is 25.1 Å². The first-order valence-corrected chi connectivity index (χ1v) is 7.90. The van der Waals surface area contributed by atoms with Gasteiger partial charge in [-0.1, -0.05) is 30.3 Å². The highest BCUT2D eigenvalue weighted by Gasteiger charge is 2.10. The number of benzene rings is 2. The van der Waals surface area contributed by atoms with Gasteiger partial charge in [-0.2, -0.15) is 10.2 Å². The zero-order valence-electron chi connectivity index (χ0n) is 14.4. The summed E-state index contributed by atoms with van der Waals surface area (Å²) < 4.78 is 5.10. The molecule has 7 heteroatoms. The van der Waals surface area contributed by atoms with Gasteiger partial charge in [-0.15, -0.1) is 0 Å². The Balaban J connectivity index is 1.69. The Morgan fingerprint density at radius 1 is 1.27 bits per heavy atom. The molecule has 1 amide bonds. The number of amides is 1. The van der Waals surface area contributed by atoms with Crippen LogP contribution in [0.15, 0.2) is 53.6 Å². The number of aromatic hydroxyl groups is 1. The number of carbonyl (C=O) groups is 1. The molecule has 0 aliphatic carbocycles. The first kappa shape index (κ1) is 17.2. The van der Waals surface area contributed by atoms with E-state index in [1.165, 1.54) is 13.3 Å². The molecule has 0 fully saturated rings. The van der Waals surface area contributed by atoms with Gasteiger partial charge >= 0.3 is 0 Å². The molecule has 26 heavy (non-hydrogen) atoms. The number of hydrogen-bond donors (Lipinski definition) is 3. The number of aromatic nitrogens is 2.